The molecule has 29 heavy (non-hydrogen) atoms. The van der Waals surface area contributed by atoms with Gasteiger partial charge < -0.3 is 19.3 Å². The molecule has 0 spiro atoms. The molecule has 9 heteroatoms. The van der Waals surface area contributed by atoms with Crippen LogP contribution in [-0.4, -0.2) is 92.6 Å². The number of hydrogen-bond donors (Lipinski definition) is 1. The molecule has 1 N–H and O–H groups in total. The number of amides is 3. The second-order valence-corrected chi connectivity index (χ2v) is 7.96. The third kappa shape index (κ3) is 3.33. The van der Waals surface area contributed by atoms with E-state index in [0.717, 1.165) is 24.5 Å². The van der Waals surface area contributed by atoms with E-state index in [4.69, 9.17) is 9.47 Å². The lowest BCUT2D eigenvalue weighted by Gasteiger charge is -2.46. The van der Waals surface area contributed by atoms with E-state index >= 15 is 0 Å². The summed E-state index contributed by atoms with van der Waals surface area (Å²) in [4.78, 5) is 33.4. The summed E-state index contributed by atoms with van der Waals surface area (Å²) in [6, 6.07) is 7.23. The summed E-state index contributed by atoms with van der Waals surface area (Å²) in [6.45, 7) is 4.42. The van der Waals surface area contributed by atoms with Crippen LogP contribution in [0.4, 0.5) is 10.5 Å². The summed E-state index contributed by atoms with van der Waals surface area (Å²) in [5.74, 6) is 1.02. The summed E-state index contributed by atoms with van der Waals surface area (Å²) in [5, 5.41) is 3.53. The van der Waals surface area contributed by atoms with Crippen molar-refractivity contribution in [2.75, 3.05) is 52.4 Å². The van der Waals surface area contributed by atoms with Crippen molar-refractivity contribution in [2.24, 2.45) is 5.92 Å². The van der Waals surface area contributed by atoms with Crippen molar-refractivity contribution < 1.29 is 19.1 Å². The van der Waals surface area contributed by atoms with E-state index < -0.39 is 6.04 Å². The zero-order valence-corrected chi connectivity index (χ0v) is 17.4. The van der Waals surface area contributed by atoms with E-state index in [0.29, 0.717) is 12.5 Å². The third-order valence-electron chi connectivity index (χ3n) is 6.01. The highest BCUT2D eigenvalue weighted by Crippen LogP contribution is 2.34. The first-order valence-electron chi connectivity index (χ1n) is 9.96. The molecule has 3 heterocycles. The van der Waals surface area contributed by atoms with Crippen molar-refractivity contribution in [1.82, 2.24) is 20.0 Å². The Morgan fingerprint density at radius 1 is 1.14 bits per heavy atom. The molecule has 4 atom stereocenters. The summed E-state index contributed by atoms with van der Waals surface area (Å²) in [7, 11) is 4.97. The highest BCUT2D eigenvalue weighted by Gasteiger charge is 2.56. The fourth-order valence-corrected chi connectivity index (χ4v) is 4.58. The Labute approximate surface area is 171 Å². The van der Waals surface area contributed by atoms with E-state index in [1.54, 1.807) is 26.2 Å². The molecule has 0 radical (unpaired) electrons. The van der Waals surface area contributed by atoms with E-state index in [-0.39, 0.29) is 30.9 Å². The van der Waals surface area contributed by atoms with Crippen LogP contribution >= 0.6 is 0 Å². The van der Waals surface area contributed by atoms with Crippen molar-refractivity contribution in [2.45, 2.75) is 25.4 Å². The molecule has 158 valence electrons. The Morgan fingerprint density at radius 3 is 2.52 bits per heavy atom. The van der Waals surface area contributed by atoms with Gasteiger partial charge in [0.15, 0.2) is 0 Å². The maximum Gasteiger partial charge on any atom is 0.327 e. The third-order valence-corrected chi connectivity index (χ3v) is 6.01. The number of rotatable bonds is 5. The molecule has 9 nitrogen and oxygen atoms in total. The lowest BCUT2D eigenvalue weighted by molar-refractivity contribution is -0.139. The van der Waals surface area contributed by atoms with Crippen LogP contribution in [0.5, 0.6) is 5.75 Å². The van der Waals surface area contributed by atoms with Crippen LogP contribution in [0.2, 0.25) is 0 Å². The molecule has 3 aliphatic heterocycles. The average Bonchev–Trinajstić information content (AvgIpc) is 3.11. The molecule has 3 amide bonds. The van der Waals surface area contributed by atoms with Crippen molar-refractivity contribution >= 4 is 17.6 Å². The molecule has 1 aromatic carbocycles. The standard InChI is InChI=1S/C20H29N5O4/c1-13-11-24(14-5-7-15(29-4)8-6-14)19-21-17-16(25(19)12-13)18(26)23(9-10-28-3)20(27)22(17)2/h5-8,13,16-17,19,21H,9-12H2,1-4H3. The Balaban J connectivity index is 1.63. The average molecular weight is 403 g/mol. The van der Waals surface area contributed by atoms with Crippen molar-refractivity contribution in [3.63, 3.8) is 0 Å². The number of anilines is 1. The number of ether oxygens (including phenoxy) is 2. The zero-order valence-electron chi connectivity index (χ0n) is 17.4. The molecule has 0 saturated carbocycles. The molecule has 0 aromatic heterocycles. The van der Waals surface area contributed by atoms with Gasteiger partial charge in [-0.1, -0.05) is 6.92 Å². The molecule has 4 unspecified atom stereocenters. The molecule has 3 saturated heterocycles. The molecule has 0 aliphatic carbocycles. The fourth-order valence-electron chi connectivity index (χ4n) is 4.58. The molecular weight excluding hydrogens is 374 g/mol. The summed E-state index contributed by atoms with van der Waals surface area (Å²) in [5.41, 5.74) is 1.05. The van der Waals surface area contributed by atoms with Gasteiger partial charge in [-0.15, -0.1) is 0 Å². The topological polar surface area (TPSA) is 77.6 Å². The van der Waals surface area contributed by atoms with Crippen molar-refractivity contribution in [1.29, 1.82) is 0 Å². The number of carbonyl (C=O) groups is 2. The SMILES string of the molecule is COCCN1C(=O)C2C(NC3N(c4ccc(OC)cc4)CC(C)CN23)N(C)C1=O. The van der Waals surface area contributed by atoms with Crippen LogP contribution < -0.4 is 15.0 Å². The number of imide groups is 1. The minimum Gasteiger partial charge on any atom is -0.497 e. The van der Waals surface area contributed by atoms with Gasteiger partial charge in [0, 0.05) is 32.9 Å². The number of hydrogen-bond acceptors (Lipinski definition) is 7. The first-order chi connectivity index (χ1) is 14.0. The second kappa shape index (κ2) is 7.81. The van der Waals surface area contributed by atoms with Gasteiger partial charge in [-0.05, 0) is 30.2 Å². The first-order valence-corrected chi connectivity index (χ1v) is 9.96. The van der Waals surface area contributed by atoms with E-state index in [1.165, 1.54) is 4.90 Å². The molecule has 0 bridgehead atoms. The van der Waals surface area contributed by atoms with Crippen molar-refractivity contribution in [3.05, 3.63) is 24.3 Å². The van der Waals surface area contributed by atoms with Crippen LogP contribution in [0.3, 0.4) is 0 Å². The van der Waals surface area contributed by atoms with Gasteiger partial charge in [-0.25, -0.2) is 4.79 Å². The number of carbonyl (C=O) groups excluding carboxylic acids is 2. The highest BCUT2D eigenvalue weighted by molar-refractivity contribution is 6.00. The maximum atomic E-state index is 13.3. The van der Waals surface area contributed by atoms with Crippen LogP contribution in [0.1, 0.15) is 6.92 Å². The van der Waals surface area contributed by atoms with Gasteiger partial charge in [0.1, 0.15) is 24.2 Å². The van der Waals surface area contributed by atoms with Crippen LogP contribution in [0.25, 0.3) is 0 Å². The minimum absolute atomic E-state index is 0.156. The lowest BCUT2D eigenvalue weighted by atomic mass is 10.0. The smallest absolute Gasteiger partial charge is 0.327 e. The number of methoxy groups -OCH3 is 2. The van der Waals surface area contributed by atoms with Crippen LogP contribution in [-0.2, 0) is 9.53 Å². The predicted octanol–water partition coefficient (Wildman–Crippen LogP) is 0.575. The second-order valence-electron chi connectivity index (χ2n) is 7.96. The van der Waals surface area contributed by atoms with Gasteiger partial charge in [-0.3, -0.25) is 19.9 Å². The van der Waals surface area contributed by atoms with Crippen molar-refractivity contribution in [3.8, 4) is 5.75 Å². The minimum atomic E-state index is -0.414. The van der Waals surface area contributed by atoms with Gasteiger partial charge in [-0.2, -0.15) is 0 Å². The Bertz CT molecular complexity index is 773. The monoisotopic (exact) mass is 403 g/mol. The Hall–Kier alpha value is -2.36. The normalized spacial score (nSPS) is 29.9. The van der Waals surface area contributed by atoms with Gasteiger partial charge in [0.2, 0.25) is 0 Å². The molecule has 4 rings (SSSR count). The summed E-state index contributed by atoms with van der Waals surface area (Å²) < 4.78 is 10.4. The van der Waals surface area contributed by atoms with E-state index in [1.807, 2.05) is 24.3 Å². The lowest BCUT2D eigenvalue weighted by Crippen LogP contribution is -2.67. The quantitative estimate of drug-likeness (QED) is 0.770. The Morgan fingerprint density at radius 2 is 1.86 bits per heavy atom. The Kier molecular flexibility index (Phi) is 5.37. The number of nitrogens with zero attached hydrogens (tertiary/aromatic N) is 4. The fraction of sp³-hybridized carbons (Fsp3) is 0.600. The maximum absolute atomic E-state index is 13.3. The molecular formula is C20H29N5O4. The molecule has 1 aromatic rings. The van der Waals surface area contributed by atoms with Gasteiger partial charge in [0.25, 0.3) is 5.91 Å². The van der Waals surface area contributed by atoms with Gasteiger partial charge >= 0.3 is 6.03 Å². The van der Waals surface area contributed by atoms with E-state index in [2.05, 4.69) is 22.0 Å². The molecule has 3 fully saturated rings. The summed E-state index contributed by atoms with van der Waals surface area (Å²) in [6.07, 6.45) is -0.513. The number of urea groups is 1. The number of nitrogens with one attached hydrogen (secondary N) is 1. The first kappa shape index (κ1) is 19.9. The summed E-state index contributed by atoms with van der Waals surface area (Å²) >= 11 is 0. The van der Waals surface area contributed by atoms with E-state index in [9.17, 15) is 9.59 Å². The number of fused-ring (bicyclic) bond motifs is 3. The predicted molar refractivity (Wildman–Crippen MR) is 107 cm³/mol. The number of benzene rings is 1. The van der Waals surface area contributed by atoms with Crippen LogP contribution in [0, 0.1) is 5.92 Å². The number of likely N-dealkylation sites (N-methyl/N-ethyl adjacent to an activating group) is 1. The molecule has 3 aliphatic rings. The zero-order chi connectivity index (χ0) is 20.7. The largest absolute Gasteiger partial charge is 0.497 e. The van der Waals surface area contributed by atoms with Gasteiger partial charge in [0.05, 0.1) is 20.3 Å². The van der Waals surface area contributed by atoms with Crippen LogP contribution in [0.15, 0.2) is 24.3 Å². The highest BCUT2D eigenvalue weighted by atomic mass is 16.5.